The molecule has 1 aromatic carbocycles. The molecule has 0 aliphatic heterocycles. The summed E-state index contributed by atoms with van der Waals surface area (Å²) in [5.74, 6) is 0.193. The lowest BCUT2D eigenvalue weighted by atomic mass is 9.62. The average Bonchev–Trinajstić information content (AvgIpc) is 2.19. The molecule has 0 amide bonds. The summed E-state index contributed by atoms with van der Waals surface area (Å²) in [6.07, 6.45) is 0.801. The van der Waals surface area contributed by atoms with E-state index in [1.807, 2.05) is 37.3 Å². The van der Waals surface area contributed by atoms with Crippen LogP contribution in [0.4, 0.5) is 0 Å². The molecular weight excluding hydrogens is 160 g/mol. The van der Waals surface area contributed by atoms with E-state index in [2.05, 4.69) is 6.58 Å². The minimum Gasteiger partial charge on any atom is -0.294 e. The molecule has 1 nitrogen and oxygen atoms in total. The first-order valence-electron chi connectivity index (χ1n) is 4.43. The van der Waals surface area contributed by atoms with Gasteiger partial charge in [-0.15, -0.1) is 0 Å². The van der Waals surface area contributed by atoms with Crippen LogP contribution in [0, 0.1) is 0 Å². The van der Waals surface area contributed by atoms with Crippen LogP contribution in [0.15, 0.2) is 42.5 Å². The molecular formula is C12H12O. The van der Waals surface area contributed by atoms with E-state index in [1.165, 1.54) is 0 Å². The lowest BCUT2D eigenvalue weighted by Gasteiger charge is -2.38. The summed E-state index contributed by atoms with van der Waals surface area (Å²) < 4.78 is 0. The fourth-order valence-corrected chi connectivity index (χ4v) is 1.91. The molecule has 0 heterocycles. The number of benzene rings is 1. The Morgan fingerprint density at radius 1 is 1.31 bits per heavy atom. The van der Waals surface area contributed by atoms with Crippen molar-refractivity contribution in [3.8, 4) is 0 Å². The Balaban J connectivity index is 2.38. The third kappa shape index (κ3) is 1.04. The van der Waals surface area contributed by atoms with E-state index in [-0.39, 0.29) is 11.2 Å². The lowest BCUT2D eigenvalue weighted by Crippen LogP contribution is -2.43. The summed E-state index contributed by atoms with van der Waals surface area (Å²) >= 11 is 0. The van der Waals surface area contributed by atoms with Gasteiger partial charge < -0.3 is 0 Å². The maximum Gasteiger partial charge on any atom is 0.168 e. The minimum atomic E-state index is -0.293. The van der Waals surface area contributed by atoms with Gasteiger partial charge in [0.05, 0.1) is 5.41 Å². The smallest absolute Gasteiger partial charge is 0.168 e. The lowest BCUT2D eigenvalue weighted by molar-refractivity contribution is -0.124. The molecule has 0 aromatic heterocycles. The number of rotatable bonds is 1. The molecule has 13 heavy (non-hydrogen) atoms. The van der Waals surface area contributed by atoms with Crippen LogP contribution >= 0.6 is 0 Å². The highest BCUT2D eigenvalue weighted by molar-refractivity contribution is 6.09. The molecule has 0 radical (unpaired) electrons. The Bertz CT molecular complexity index is 364. The highest BCUT2D eigenvalue weighted by atomic mass is 16.1. The zero-order valence-electron chi connectivity index (χ0n) is 7.71. The third-order valence-corrected chi connectivity index (χ3v) is 2.80. The van der Waals surface area contributed by atoms with Crippen molar-refractivity contribution in [3.63, 3.8) is 0 Å². The van der Waals surface area contributed by atoms with E-state index in [9.17, 15) is 4.79 Å². The van der Waals surface area contributed by atoms with E-state index >= 15 is 0 Å². The Hall–Kier alpha value is -1.37. The van der Waals surface area contributed by atoms with Gasteiger partial charge >= 0.3 is 0 Å². The monoisotopic (exact) mass is 172 g/mol. The molecule has 1 fully saturated rings. The fraction of sp³-hybridized carbons (Fsp3) is 0.250. The number of Topliss-reactive ketones (excluding diaryl/α,β-unsaturated/α-hetero) is 1. The highest BCUT2D eigenvalue weighted by Gasteiger charge is 2.45. The zero-order chi connectivity index (χ0) is 9.47. The van der Waals surface area contributed by atoms with Crippen molar-refractivity contribution in [2.75, 3.05) is 0 Å². The van der Waals surface area contributed by atoms with Crippen LogP contribution < -0.4 is 0 Å². The molecule has 1 aromatic rings. The van der Waals surface area contributed by atoms with Crippen molar-refractivity contribution < 1.29 is 4.79 Å². The van der Waals surface area contributed by atoms with Gasteiger partial charge in [-0.1, -0.05) is 36.9 Å². The standard InChI is InChI=1S/C12H12O/c1-9-8-12(2,11(9)13)10-6-4-3-5-7-10/h3-7H,1,8H2,2H3. The van der Waals surface area contributed by atoms with Gasteiger partial charge in [-0.3, -0.25) is 4.79 Å². The fourth-order valence-electron chi connectivity index (χ4n) is 1.91. The molecule has 1 aliphatic carbocycles. The molecule has 0 spiro atoms. The van der Waals surface area contributed by atoms with Crippen molar-refractivity contribution in [2.45, 2.75) is 18.8 Å². The molecule has 1 aliphatic rings. The highest BCUT2D eigenvalue weighted by Crippen LogP contribution is 2.42. The number of carbonyl (C=O) groups excluding carboxylic acids is 1. The van der Waals surface area contributed by atoms with Gasteiger partial charge in [0.1, 0.15) is 0 Å². The summed E-state index contributed by atoms with van der Waals surface area (Å²) in [5.41, 5.74) is 1.57. The second-order valence-electron chi connectivity index (χ2n) is 3.81. The minimum absolute atomic E-state index is 0.193. The molecule has 1 heteroatoms. The molecule has 0 bridgehead atoms. The van der Waals surface area contributed by atoms with Crippen LogP contribution in [0.1, 0.15) is 18.9 Å². The average molecular weight is 172 g/mol. The van der Waals surface area contributed by atoms with Crippen LogP contribution in [0.5, 0.6) is 0 Å². The van der Waals surface area contributed by atoms with E-state index < -0.39 is 0 Å². The second-order valence-corrected chi connectivity index (χ2v) is 3.81. The summed E-state index contributed by atoms with van der Waals surface area (Å²) in [6, 6.07) is 9.91. The number of allylic oxidation sites excluding steroid dienone is 1. The summed E-state index contributed by atoms with van der Waals surface area (Å²) in [7, 11) is 0. The van der Waals surface area contributed by atoms with Gasteiger partial charge in [0, 0.05) is 0 Å². The van der Waals surface area contributed by atoms with Crippen LogP contribution in [0.2, 0.25) is 0 Å². The van der Waals surface area contributed by atoms with Gasteiger partial charge in [-0.2, -0.15) is 0 Å². The molecule has 1 unspecified atom stereocenters. The third-order valence-electron chi connectivity index (χ3n) is 2.80. The van der Waals surface area contributed by atoms with Gasteiger partial charge in [0.15, 0.2) is 5.78 Å². The van der Waals surface area contributed by atoms with Gasteiger partial charge in [-0.05, 0) is 24.5 Å². The molecule has 2 rings (SSSR count). The maximum absolute atomic E-state index is 11.6. The topological polar surface area (TPSA) is 17.1 Å². The number of hydrogen-bond acceptors (Lipinski definition) is 1. The van der Waals surface area contributed by atoms with Gasteiger partial charge in [0.2, 0.25) is 0 Å². The Kier molecular flexibility index (Phi) is 1.62. The van der Waals surface area contributed by atoms with Gasteiger partial charge in [0.25, 0.3) is 0 Å². The predicted molar refractivity (Wildman–Crippen MR) is 52.6 cm³/mol. The Morgan fingerprint density at radius 3 is 2.38 bits per heavy atom. The largest absolute Gasteiger partial charge is 0.294 e. The summed E-state index contributed by atoms with van der Waals surface area (Å²) in [5, 5.41) is 0. The van der Waals surface area contributed by atoms with Crippen LogP contribution in [-0.4, -0.2) is 5.78 Å². The number of carbonyl (C=O) groups is 1. The summed E-state index contributed by atoms with van der Waals surface area (Å²) in [6.45, 7) is 5.70. The molecule has 1 atom stereocenters. The number of ketones is 1. The first-order chi connectivity index (χ1) is 6.14. The number of hydrogen-bond donors (Lipinski definition) is 0. The zero-order valence-corrected chi connectivity index (χ0v) is 7.71. The van der Waals surface area contributed by atoms with Crippen LogP contribution in [-0.2, 0) is 10.2 Å². The first kappa shape index (κ1) is 8.24. The first-order valence-corrected chi connectivity index (χ1v) is 4.43. The summed E-state index contributed by atoms with van der Waals surface area (Å²) in [4.78, 5) is 11.6. The van der Waals surface area contributed by atoms with Crippen LogP contribution in [0.3, 0.4) is 0 Å². The molecule has 0 N–H and O–H groups in total. The van der Waals surface area contributed by atoms with Crippen LogP contribution in [0.25, 0.3) is 0 Å². The molecule has 66 valence electrons. The quantitative estimate of drug-likeness (QED) is 0.595. The van der Waals surface area contributed by atoms with Gasteiger partial charge in [-0.25, -0.2) is 0 Å². The predicted octanol–water partition coefficient (Wildman–Crippen LogP) is 2.47. The Labute approximate surface area is 78.1 Å². The van der Waals surface area contributed by atoms with Crippen molar-refractivity contribution in [2.24, 2.45) is 0 Å². The Morgan fingerprint density at radius 2 is 1.92 bits per heavy atom. The van der Waals surface area contributed by atoms with Crippen molar-refractivity contribution in [3.05, 3.63) is 48.0 Å². The van der Waals surface area contributed by atoms with Crippen molar-refractivity contribution in [1.29, 1.82) is 0 Å². The van der Waals surface area contributed by atoms with E-state index in [4.69, 9.17) is 0 Å². The van der Waals surface area contributed by atoms with Crippen molar-refractivity contribution in [1.82, 2.24) is 0 Å². The second kappa shape index (κ2) is 2.56. The van der Waals surface area contributed by atoms with Crippen molar-refractivity contribution >= 4 is 5.78 Å². The van der Waals surface area contributed by atoms with E-state index in [1.54, 1.807) is 0 Å². The normalized spacial score (nSPS) is 27.2. The maximum atomic E-state index is 11.6. The van der Waals surface area contributed by atoms with E-state index in [0.717, 1.165) is 17.6 Å². The molecule has 0 saturated heterocycles. The SMILES string of the molecule is C=C1CC(C)(c2ccccc2)C1=O. The molecule has 1 saturated carbocycles. The van der Waals surface area contributed by atoms with E-state index in [0.29, 0.717) is 0 Å².